The van der Waals surface area contributed by atoms with Crippen LogP contribution >= 0.6 is 0 Å². The summed E-state index contributed by atoms with van der Waals surface area (Å²) in [4.78, 5) is 22.9. The molecule has 1 aromatic carbocycles. The Hall–Kier alpha value is -1.91. The summed E-state index contributed by atoms with van der Waals surface area (Å²) < 4.78 is 13.0. The van der Waals surface area contributed by atoms with Crippen molar-refractivity contribution in [1.29, 1.82) is 0 Å². The van der Waals surface area contributed by atoms with E-state index in [-0.39, 0.29) is 5.56 Å². The fourth-order valence-electron chi connectivity index (χ4n) is 1.49. The first-order valence-corrected chi connectivity index (χ1v) is 5.51. The SMILES string of the molecule is CC(C)(C)[C@H](NC(=O)c1cccc(F)c1)C(=O)O. The van der Waals surface area contributed by atoms with Crippen LogP contribution in [0.4, 0.5) is 4.39 Å². The number of aliphatic carboxylic acids is 1. The molecule has 0 spiro atoms. The van der Waals surface area contributed by atoms with E-state index >= 15 is 0 Å². The number of amides is 1. The Bertz CT molecular complexity index is 466. The van der Waals surface area contributed by atoms with Crippen LogP contribution in [0.3, 0.4) is 0 Å². The molecule has 0 aliphatic heterocycles. The fourth-order valence-corrected chi connectivity index (χ4v) is 1.49. The van der Waals surface area contributed by atoms with Crippen molar-refractivity contribution >= 4 is 11.9 Å². The number of carbonyl (C=O) groups excluding carboxylic acids is 1. The molecular formula is C13H16FNO3. The first-order valence-electron chi connectivity index (χ1n) is 5.51. The van der Waals surface area contributed by atoms with Gasteiger partial charge < -0.3 is 10.4 Å². The molecule has 0 fully saturated rings. The molecule has 0 aliphatic carbocycles. The van der Waals surface area contributed by atoms with Gasteiger partial charge in [-0.3, -0.25) is 4.79 Å². The number of halogens is 1. The Balaban J connectivity index is 2.89. The number of benzene rings is 1. The van der Waals surface area contributed by atoms with E-state index in [1.165, 1.54) is 18.2 Å². The number of hydrogen-bond acceptors (Lipinski definition) is 2. The number of carboxylic acids is 1. The van der Waals surface area contributed by atoms with Gasteiger partial charge >= 0.3 is 5.97 Å². The molecule has 0 unspecified atom stereocenters. The van der Waals surface area contributed by atoms with Crippen molar-refractivity contribution in [2.75, 3.05) is 0 Å². The van der Waals surface area contributed by atoms with E-state index in [2.05, 4.69) is 5.32 Å². The molecule has 1 aromatic rings. The van der Waals surface area contributed by atoms with Gasteiger partial charge in [0.1, 0.15) is 11.9 Å². The fraction of sp³-hybridized carbons (Fsp3) is 0.385. The van der Waals surface area contributed by atoms with Gasteiger partial charge in [0.15, 0.2) is 0 Å². The molecule has 0 saturated heterocycles. The highest BCUT2D eigenvalue weighted by Crippen LogP contribution is 2.20. The summed E-state index contributed by atoms with van der Waals surface area (Å²) in [7, 11) is 0. The van der Waals surface area contributed by atoms with Gasteiger partial charge in [-0.05, 0) is 23.6 Å². The van der Waals surface area contributed by atoms with Gasteiger partial charge in [0.2, 0.25) is 0 Å². The van der Waals surface area contributed by atoms with E-state index in [0.29, 0.717) is 0 Å². The van der Waals surface area contributed by atoms with Crippen LogP contribution in [0, 0.1) is 11.2 Å². The lowest BCUT2D eigenvalue weighted by Crippen LogP contribution is -2.49. The summed E-state index contributed by atoms with van der Waals surface area (Å²) in [6, 6.07) is 4.08. The van der Waals surface area contributed by atoms with Crippen molar-refractivity contribution in [3.63, 3.8) is 0 Å². The van der Waals surface area contributed by atoms with Gasteiger partial charge in [-0.1, -0.05) is 26.8 Å². The third kappa shape index (κ3) is 3.55. The molecule has 0 aromatic heterocycles. The number of rotatable bonds is 3. The quantitative estimate of drug-likeness (QED) is 0.866. The van der Waals surface area contributed by atoms with Crippen LogP contribution in [0.5, 0.6) is 0 Å². The Morgan fingerprint density at radius 2 is 1.94 bits per heavy atom. The third-order valence-electron chi connectivity index (χ3n) is 2.48. The molecule has 1 rings (SSSR count). The van der Waals surface area contributed by atoms with Crippen LogP contribution in [-0.2, 0) is 4.79 Å². The summed E-state index contributed by atoms with van der Waals surface area (Å²) in [6.45, 7) is 5.12. The van der Waals surface area contributed by atoms with Crippen molar-refractivity contribution in [2.45, 2.75) is 26.8 Å². The molecule has 0 bridgehead atoms. The van der Waals surface area contributed by atoms with Gasteiger partial charge in [0.25, 0.3) is 5.91 Å². The van der Waals surface area contributed by atoms with Crippen LogP contribution in [-0.4, -0.2) is 23.0 Å². The second kappa shape index (κ2) is 5.16. The van der Waals surface area contributed by atoms with Crippen molar-refractivity contribution in [3.05, 3.63) is 35.6 Å². The molecule has 2 N–H and O–H groups in total. The van der Waals surface area contributed by atoms with E-state index in [1.54, 1.807) is 20.8 Å². The van der Waals surface area contributed by atoms with Gasteiger partial charge in [-0.15, -0.1) is 0 Å². The number of carbonyl (C=O) groups is 2. The second-order valence-electron chi connectivity index (χ2n) is 5.12. The topological polar surface area (TPSA) is 66.4 Å². The van der Waals surface area contributed by atoms with Gasteiger partial charge in [-0.2, -0.15) is 0 Å². The molecular weight excluding hydrogens is 237 g/mol. The van der Waals surface area contributed by atoms with Gasteiger partial charge in [0.05, 0.1) is 0 Å². The smallest absolute Gasteiger partial charge is 0.326 e. The van der Waals surface area contributed by atoms with E-state index in [0.717, 1.165) is 6.07 Å². The highest BCUT2D eigenvalue weighted by molar-refractivity contribution is 5.96. The monoisotopic (exact) mass is 253 g/mol. The second-order valence-corrected chi connectivity index (χ2v) is 5.12. The first kappa shape index (κ1) is 14.2. The van der Waals surface area contributed by atoms with Crippen LogP contribution in [0.25, 0.3) is 0 Å². The number of hydrogen-bond donors (Lipinski definition) is 2. The lowest BCUT2D eigenvalue weighted by molar-refractivity contribution is -0.142. The molecule has 4 nitrogen and oxygen atoms in total. The zero-order valence-electron chi connectivity index (χ0n) is 10.5. The normalized spacial score (nSPS) is 12.9. The molecule has 0 radical (unpaired) electrons. The standard InChI is InChI=1S/C13H16FNO3/c1-13(2,3)10(12(17)18)15-11(16)8-5-4-6-9(14)7-8/h4-7,10H,1-3H3,(H,15,16)(H,17,18)/t10-/m1/s1. The van der Waals surface area contributed by atoms with Gasteiger partial charge in [0, 0.05) is 5.56 Å². The van der Waals surface area contributed by atoms with Crippen molar-refractivity contribution in [3.8, 4) is 0 Å². The van der Waals surface area contributed by atoms with Crippen molar-refractivity contribution < 1.29 is 19.1 Å². The minimum atomic E-state index is -1.12. The average molecular weight is 253 g/mol. The summed E-state index contributed by atoms with van der Waals surface area (Å²) >= 11 is 0. The molecule has 5 heteroatoms. The molecule has 18 heavy (non-hydrogen) atoms. The predicted octanol–water partition coefficient (Wildman–Crippen LogP) is 2.05. The van der Waals surface area contributed by atoms with E-state index < -0.39 is 29.2 Å². The molecule has 98 valence electrons. The zero-order valence-corrected chi connectivity index (χ0v) is 10.5. The lowest BCUT2D eigenvalue weighted by Gasteiger charge is -2.27. The first-order chi connectivity index (χ1) is 8.21. The van der Waals surface area contributed by atoms with Gasteiger partial charge in [-0.25, -0.2) is 9.18 Å². The van der Waals surface area contributed by atoms with Crippen LogP contribution in [0.2, 0.25) is 0 Å². The minimum Gasteiger partial charge on any atom is -0.480 e. The summed E-state index contributed by atoms with van der Waals surface area (Å²) in [5.41, 5.74) is -0.528. The largest absolute Gasteiger partial charge is 0.480 e. The highest BCUT2D eigenvalue weighted by atomic mass is 19.1. The van der Waals surface area contributed by atoms with Crippen LogP contribution in [0.15, 0.2) is 24.3 Å². The maximum atomic E-state index is 13.0. The Labute approximate surface area is 105 Å². The van der Waals surface area contributed by atoms with E-state index in [1.807, 2.05) is 0 Å². The Morgan fingerprint density at radius 3 is 2.39 bits per heavy atom. The summed E-state index contributed by atoms with van der Waals surface area (Å²) in [6.07, 6.45) is 0. The van der Waals surface area contributed by atoms with E-state index in [9.17, 15) is 14.0 Å². The maximum Gasteiger partial charge on any atom is 0.326 e. The van der Waals surface area contributed by atoms with Crippen molar-refractivity contribution in [2.24, 2.45) is 5.41 Å². The average Bonchev–Trinajstić information content (AvgIpc) is 2.23. The number of nitrogens with one attached hydrogen (secondary N) is 1. The number of carboxylic acid groups (broad SMARTS) is 1. The molecule has 0 heterocycles. The molecule has 0 aliphatic rings. The van der Waals surface area contributed by atoms with Crippen LogP contribution in [0.1, 0.15) is 31.1 Å². The van der Waals surface area contributed by atoms with E-state index in [4.69, 9.17) is 5.11 Å². The zero-order chi connectivity index (χ0) is 13.9. The van der Waals surface area contributed by atoms with Crippen molar-refractivity contribution in [1.82, 2.24) is 5.32 Å². The minimum absolute atomic E-state index is 0.102. The third-order valence-corrected chi connectivity index (χ3v) is 2.48. The maximum absolute atomic E-state index is 13.0. The summed E-state index contributed by atoms with van der Waals surface area (Å²) in [5, 5.41) is 11.5. The molecule has 1 amide bonds. The predicted molar refractivity (Wildman–Crippen MR) is 64.7 cm³/mol. The van der Waals surface area contributed by atoms with Crippen LogP contribution < -0.4 is 5.32 Å². The Kier molecular flexibility index (Phi) is 4.06. The highest BCUT2D eigenvalue weighted by Gasteiger charge is 2.32. The molecule has 1 atom stereocenters. The summed E-state index contributed by atoms with van der Waals surface area (Å²) in [5.74, 6) is -2.26. The molecule has 0 saturated carbocycles. The lowest BCUT2D eigenvalue weighted by atomic mass is 9.86. The Morgan fingerprint density at radius 1 is 1.33 bits per heavy atom.